The number of aliphatic hydroxyl groups excluding tert-OH is 1. The largest absolute Gasteiger partial charge is 0.396 e. The van der Waals surface area contributed by atoms with Gasteiger partial charge in [-0.1, -0.05) is 0 Å². The Hall–Kier alpha value is -0.550. The molecule has 0 radical (unpaired) electrons. The van der Waals surface area contributed by atoms with Crippen molar-refractivity contribution in [1.82, 2.24) is 0 Å². The second kappa shape index (κ2) is 5.68. The Morgan fingerprint density at radius 3 is 1.81 bits per heavy atom. The van der Waals surface area contributed by atoms with Crippen LogP contribution in [-0.4, -0.2) is 11.7 Å². The van der Waals surface area contributed by atoms with Crippen molar-refractivity contribution in [2.45, 2.75) is 51.4 Å². The first-order valence-corrected chi connectivity index (χ1v) is 6.84. The van der Waals surface area contributed by atoms with Gasteiger partial charge >= 0.3 is 0 Å². The van der Waals surface area contributed by atoms with Crippen LogP contribution in [0.3, 0.4) is 0 Å². The van der Waals surface area contributed by atoms with E-state index in [0.717, 1.165) is 24.7 Å². The van der Waals surface area contributed by atoms with Crippen LogP contribution in [-0.2, 0) is 0 Å². The normalized spacial score (nSPS) is 40.2. The van der Waals surface area contributed by atoms with Gasteiger partial charge in [-0.15, -0.1) is 0 Å². The van der Waals surface area contributed by atoms with Crippen LogP contribution >= 0.6 is 0 Å². The molecule has 0 unspecified atom stereocenters. The van der Waals surface area contributed by atoms with E-state index in [2.05, 4.69) is 6.07 Å². The first-order valence-electron chi connectivity index (χ1n) is 6.84. The molecule has 0 saturated heterocycles. The molecule has 2 aliphatic carbocycles. The molecule has 0 aromatic heterocycles. The molecule has 1 N–H and O–H groups in total. The van der Waals surface area contributed by atoms with E-state index in [-0.39, 0.29) is 0 Å². The number of aliphatic hydroxyl groups is 1. The zero-order valence-corrected chi connectivity index (χ0v) is 10.1. The monoisotopic (exact) mass is 221 g/mol. The molecule has 0 amide bonds. The van der Waals surface area contributed by atoms with Crippen molar-refractivity contribution < 1.29 is 5.11 Å². The molecule has 0 spiro atoms. The third-order valence-corrected chi connectivity index (χ3v) is 4.77. The molecule has 16 heavy (non-hydrogen) atoms. The molecule has 2 fully saturated rings. The fourth-order valence-corrected chi connectivity index (χ4v) is 3.56. The van der Waals surface area contributed by atoms with Gasteiger partial charge < -0.3 is 5.11 Å². The lowest BCUT2D eigenvalue weighted by Gasteiger charge is -2.36. The minimum absolute atomic E-state index is 0.338. The molecule has 2 heteroatoms. The number of rotatable bonds is 2. The summed E-state index contributed by atoms with van der Waals surface area (Å²) in [5.74, 6) is 2.68. The lowest BCUT2D eigenvalue weighted by atomic mass is 9.69. The van der Waals surface area contributed by atoms with Crippen molar-refractivity contribution in [3.63, 3.8) is 0 Å². The summed E-state index contributed by atoms with van der Waals surface area (Å²) in [6.07, 6.45) is 9.86. The van der Waals surface area contributed by atoms with E-state index in [9.17, 15) is 0 Å². The van der Waals surface area contributed by atoms with Gasteiger partial charge in [0.1, 0.15) is 0 Å². The SMILES string of the molecule is N#CC1CCC(C2CCC(CO)CC2)CC1. The average Bonchev–Trinajstić information content (AvgIpc) is 2.39. The highest BCUT2D eigenvalue weighted by atomic mass is 16.3. The average molecular weight is 221 g/mol. The minimum atomic E-state index is 0.338. The molecular weight excluding hydrogens is 198 g/mol. The van der Waals surface area contributed by atoms with E-state index in [1.165, 1.54) is 38.5 Å². The topological polar surface area (TPSA) is 44.0 Å². The molecule has 2 aliphatic rings. The van der Waals surface area contributed by atoms with Crippen molar-refractivity contribution in [2.75, 3.05) is 6.61 Å². The van der Waals surface area contributed by atoms with E-state index in [0.29, 0.717) is 18.4 Å². The summed E-state index contributed by atoms with van der Waals surface area (Å²) in [7, 11) is 0. The van der Waals surface area contributed by atoms with Crippen LogP contribution in [0.5, 0.6) is 0 Å². The van der Waals surface area contributed by atoms with Crippen molar-refractivity contribution in [2.24, 2.45) is 23.7 Å². The molecule has 0 aromatic carbocycles. The first kappa shape index (κ1) is 11.9. The zero-order chi connectivity index (χ0) is 11.4. The Morgan fingerprint density at radius 2 is 1.38 bits per heavy atom. The Bertz CT molecular complexity index is 242. The van der Waals surface area contributed by atoms with Crippen LogP contribution in [0.4, 0.5) is 0 Å². The van der Waals surface area contributed by atoms with E-state index < -0.39 is 0 Å². The number of nitrogens with zero attached hydrogens (tertiary/aromatic N) is 1. The maximum atomic E-state index is 9.12. The quantitative estimate of drug-likeness (QED) is 0.778. The van der Waals surface area contributed by atoms with Crippen LogP contribution in [0.25, 0.3) is 0 Å². The first-order chi connectivity index (χ1) is 7.83. The van der Waals surface area contributed by atoms with Gasteiger partial charge in [0, 0.05) is 12.5 Å². The fourth-order valence-electron chi connectivity index (χ4n) is 3.56. The molecule has 0 heterocycles. The smallest absolute Gasteiger partial charge is 0.0655 e. The van der Waals surface area contributed by atoms with Crippen molar-refractivity contribution in [3.8, 4) is 6.07 Å². The number of hydrogen-bond acceptors (Lipinski definition) is 2. The molecule has 0 aromatic rings. The van der Waals surface area contributed by atoms with Gasteiger partial charge in [-0.3, -0.25) is 0 Å². The molecule has 2 nitrogen and oxygen atoms in total. The summed E-state index contributed by atoms with van der Waals surface area (Å²) in [5, 5.41) is 18.0. The van der Waals surface area contributed by atoms with Crippen molar-refractivity contribution >= 4 is 0 Å². The Kier molecular flexibility index (Phi) is 4.23. The lowest BCUT2D eigenvalue weighted by Crippen LogP contribution is -2.26. The number of hydrogen-bond donors (Lipinski definition) is 1. The predicted molar refractivity (Wildman–Crippen MR) is 63.6 cm³/mol. The van der Waals surface area contributed by atoms with Crippen molar-refractivity contribution in [1.29, 1.82) is 5.26 Å². The molecule has 2 rings (SSSR count). The minimum Gasteiger partial charge on any atom is -0.396 e. The highest BCUT2D eigenvalue weighted by Crippen LogP contribution is 2.40. The van der Waals surface area contributed by atoms with Gasteiger partial charge in [-0.05, 0) is 69.1 Å². The summed E-state index contributed by atoms with van der Waals surface area (Å²) in [6, 6.07) is 2.41. The van der Waals surface area contributed by atoms with Crippen LogP contribution in [0.2, 0.25) is 0 Å². The van der Waals surface area contributed by atoms with Gasteiger partial charge in [0.05, 0.1) is 6.07 Å². The van der Waals surface area contributed by atoms with E-state index in [4.69, 9.17) is 10.4 Å². The fraction of sp³-hybridized carbons (Fsp3) is 0.929. The van der Waals surface area contributed by atoms with Gasteiger partial charge in [-0.25, -0.2) is 0 Å². The zero-order valence-electron chi connectivity index (χ0n) is 10.1. The second-order valence-electron chi connectivity index (χ2n) is 5.70. The summed E-state index contributed by atoms with van der Waals surface area (Å²) < 4.78 is 0. The van der Waals surface area contributed by atoms with Crippen LogP contribution in [0.15, 0.2) is 0 Å². The second-order valence-corrected chi connectivity index (χ2v) is 5.70. The van der Waals surface area contributed by atoms with E-state index >= 15 is 0 Å². The maximum Gasteiger partial charge on any atom is 0.0655 e. The van der Waals surface area contributed by atoms with E-state index in [1.807, 2.05) is 0 Å². The Labute approximate surface area is 98.7 Å². The molecule has 2 saturated carbocycles. The third kappa shape index (κ3) is 2.77. The molecule has 0 aliphatic heterocycles. The summed E-state index contributed by atoms with van der Waals surface area (Å²) >= 11 is 0. The van der Waals surface area contributed by atoms with Gasteiger partial charge in [0.15, 0.2) is 0 Å². The summed E-state index contributed by atoms with van der Waals surface area (Å²) in [4.78, 5) is 0. The van der Waals surface area contributed by atoms with Gasteiger partial charge in [0.25, 0.3) is 0 Å². The third-order valence-electron chi connectivity index (χ3n) is 4.77. The Morgan fingerprint density at radius 1 is 0.875 bits per heavy atom. The van der Waals surface area contributed by atoms with Crippen LogP contribution < -0.4 is 0 Å². The standard InChI is InChI=1S/C14H23NO/c15-9-11-1-5-13(6-2-11)14-7-3-12(10-16)4-8-14/h11-14,16H,1-8,10H2. The van der Waals surface area contributed by atoms with Gasteiger partial charge in [0.2, 0.25) is 0 Å². The van der Waals surface area contributed by atoms with Gasteiger partial charge in [-0.2, -0.15) is 5.26 Å². The van der Waals surface area contributed by atoms with Crippen LogP contribution in [0.1, 0.15) is 51.4 Å². The van der Waals surface area contributed by atoms with E-state index in [1.54, 1.807) is 0 Å². The Balaban J connectivity index is 1.76. The summed E-state index contributed by atoms with van der Waals surface area (Å²) in [6.45, 7) is 0.383. The predicted octanol–water partition coefficient (Wildman–Crippen LogP) is 3.12. The molecule has 0 atom stereocenters. The van der Waals surface area contributed by atoms with Crippen molar-refractivity contribution in [3.05, 3.63) is 0 Å². The molecule has 0 bridgehead atoms. The summed E-state index contributed by atoms with van der Waals surface area (Å²) in [5.41, 5.74) is 0. The lowest BCUT2D eigenvalue weighted by molar-refractivity contribution is 0.122. The highest BCUT2D eigenvalue weighted by molar-refractivity contribution is 4.89. The highest BCUT2D eigenvalue weighted by Gasteiger charge is 2.30. The molecular formula is C14H23NO. The molecule has 90 valence electrons. The van der Waals surface area contributed by atoms with Crippen LogP contribution in [0, 0.1) is 35.0 Å². The maximum absolute atomic E-state index is 9.12. The number of nitriles is 1.